The van der Waals surface area contributed by atoms with E-state index in [9.17, 15) is 4.79 Å². The van der Waals surface area contributed by atoms with E-state index in [1.807, 2.05) is 6.92 Å². The van der Waals surface area contributed by atoms with E-state index in [-0.39, 0.29) is 5.56 Å². The van der Waals surface area contributed by atoms with Crippen LogP contribution in [0.4, 0.5) is 0 Å². The van der Waals surface area contributed by atoms with Crippen molar-refractivity contribution in [1.29, 1.82) is 0 Å². The Labute approximate surface area is 91.0 Å². The molecule has 15 heavy (non-hydrogen) atoms. The molecule has 84 valence electrons. The van der Waals surface area contributed by atoms with E-state index < -0.39 is 0 Å². The van der Waals surface area contributed by atoms with Crippen LogP contribution in [-0.2, 0) is 12.8 Å². The molecular formula is C12H20N2O. The fraction of sp³-hybridized carbons (Fsp3) is 0.667. The average molecular weight is 208 g/mol. The van der Waals surface area contributed by atoms with Crippen LogP contribution in [0, 0.1) is 6.92 Å². The maximum absolute atomic E-state index is 11.7. The summed E-state index contributed by atoms with van der Waals surface area (Å²) in [6, 6.07) is 0. The number of rotatable bonds is 5. The molecule has 0 atom stereocenters. The number of hydrogen-bond acceptors (Lipinski definition) is 2. The third kappa shape index (κ3) is 3.18. The molecule has 1 rings (SSSR count). The molecule has 1 aromatic rings. The van der Waals surface area contributed by atoms with Gasteiger partial charge in [0.15, 0.2) is 0 Å². The molecule has 3 nitrogen and oxygen atoms in total. The Balaban J connectivity index is 2.92. The maximum Gasteiger partial charge on any atom is 0.254 e. The lowest BCUT2D eigenvalue weighted by atomic mass is 10.1. The fourth-order valence-corrected chi connectivity index (χ4v) is 1.68. The molecule has 1 aromatic heterocycles. The van der Waals surface area contributed by atoms with Gasteiger partial charge in [-0.3, -0.25) is 4.79 Å². The summed E-state index contributed by atoms with van der Waals surface area (Å²) in [4.78, 5) is 19.0. The Kier molecular flexibility index (Phi) is 4.53. The number of hydrogen-bond donors (Lipinski definition) is 1. The third-order valence-electron chi connectivity index (χ3n) is 2.54. The second-order valence-electron chi connectivity index (χ2n) is 3.93. The third-order valence-corrected chi connectivity index (χ3v) is 2.54. The lowest BCUT2D eigenvalue weighted by Crippen LogP contribution is -2.18. The maximum atomic E-state index is 11.7. The van der Waals surface area contributed by atoms with Gasteiger partial charge in [-0.1, -0.05) is 26.7 Å². The van der Waals surface area contributed by atoms with Gasteiger partial charge in [0.05, 0.1) is 0 Å². The quantitative estimate of drug-likeness (QED) is 0.807. The molecule has 0 saturated carbocycles. The molecule has 3 heteroatoms. The van der Waals surface area contributed by atoms with Gasteiger partial charge < -0.3 is 4.98 Å². The number of nitrogens with zero attached hydrogens (tertiary/aromatic N) is 1. The SMILES string of the molecule is CCCCc1nc(C)c(CCC)c(=O)[nH]1. The highest BCUT2D eigenvalue weighted by atomic mass is 16.1. The highest BCUT2D eigenvalue weighted by Crippen LogP contribution is 2.04. The predicted octanol–water partition coefficient (Wildman–Crippen LogP) is 2.37. The normalized spacial score (nSPS) is 10.6. The summed E-state index contributed by atoms with van der Waals surface area (Å²) >= 11 is 0. The van der Waals surface area contributed by atoms with Gasteiger partial charge in [-0.05, 0) is 19.8 Å². The zero-order valence-corrected chi connectivity index (χ0v) is 9.89. The van der Waals surface area contributed by atoms with E-state index >= 15 is 0 Å². The topological polar surface area (TPSA) is 45.8 Å². The van der Waals surface area contributed by atoms with Crippen molar-refractivity contribution in [3.8, 4) is 0 Å². The summed E-state index contributed by atoms with van der Waals surface area (Å²) in [5.41, 5.74) is 1.79. The van der Waals surface area contributed by atoms with Crippen LogP contribution in [0.5, 0.6) is 0 Å². The molecule has 0 radical (unpaired) electrons. The van der Waals surface area contributed by atoms with Gasteiger partial charge in [-0.2, -0.15) is 0 Å². The van der Waals surface area contributed by atoms with Gasteiger partial charge in [-0.15, -0.1) is 0 Å². The number of aromatic amines is 1. The van der Waals surface area contributed by atoms with Gasteiger partial charge in [-0.25, -0.2) is 4.98 Å². The summed E-state index contributed by atoms with van der Waals surface area (Å²) in [5.74, 6) is 0.833. The summed E-state index contributed by atoms with van der Waals surface area (Å²) in [6.45, 7) is 6.13. The van der Waals surface area contributed by atoms with Crippen LogP contribution in [0.3, 0.4) is 0 Å². The minimum absolute atomic E-state index is 0.0513. The molecule has 0 aliphatic carbocycles. The Morgan fingerprint density at radius 3 is 2.47 bits per heavy atom. The van der Waals surface area contributed by atoms with Gasteiger partial charge in [0.2, 0.25) is 0 Å². The number of unbranched alkanes of at least 4 members (excludes halogenated alkanes) is 1. The molecule has 0 aliphatic heterocycles. The van der Waals surface area contributed by atoms with Crippen LogP contribution >= 0.6 is 0 Å². The molecule has 0 aliphatic rings. The van der Waals surface area contributed by atoms with Crippen LogP contribution in [0.25, 0.3) is 0 Å². The van der Waals surface area contributed by atoms with Crippen molar-refractivity contribution in [3.05, 3.63) is 27.4 Å². The highest BCUT2D eigenvalue weighted by molar-refractivity contribution is 5.16. The van der Waals surface area contributed by atoms with Crippen LogP contribution in [0.2, 0.25) is 0 Å². The van der Waals surface area contributed by atoms with E-state index in [0.29, 0.717) is 0 Å². The minimum atomic E-state index is 0.0513. The summed E-state index contributed by atoms with van der Waals surface area (Å²) in [7, 11) is 0. The number of aryl methyl sites for hydroxylation is 2. The van der Waals surface area contributed by atoms with Crippen LogP contribution < -0.4 is 5.56 Å². The van der Waals surface area contributed by atoms with Crippen molar-refractivity contribution in [3.63, 3.8) is 0 Å². The zero-order chi connectivity index (χ0) is 11.3. The average Bonchev–Trinajstić information content (AvgIpc) is 2.20. The Morgan fingerprint density at radius 2 is 1.93 bits per heavy atom. The first kappa shape index (κ1) is 12.0. The van der Waals surface area contributed by atoms with Gasteiger partial charge in [0.1, 0.15) is 5.82 Å². The zero-order valence-electron chi connectivity index (χ0n) is 9.89. The molecule has 1 N–H and O–H groups in total. The largest absolute Gasteiger partial charge is 0.310 e. The summed E-state index contributed by atoms with van der Waals surface area (Å²) in [6.07, 6.45) is 4.89. The van der Waals surface area contributed by atoms with E-state index in [1.54, 1.807) is 0 Å². The van der Waals surface area contributed by atoms with Gasteiger partial charge in [0.25, 0.3) is 5.56 Å². The molecule has 0 fully saturated rings. The van der Waals surface area contributed by atoms with Crippen molar-refractivity contribution in [2.45, 2.75) is 52.9 Å². The second kappa shape index (κ2) is 5.69. The van der Waals surface area contributed by atoms with Crippen LogP contribution in [-0.4, -0.2) is 9.97 Å². The molecule has 0 saturated heterocycles. The Bertz CT molecular complexity index is 368. The fourth-order valence-electron chi connectivity index (χ4n) is 1.68. The van der Waals surface area contributed by atoms with E-state index in [4.69, 9.17) is 0 Å². The van der Waals surface area contributed by atoms with E-state index in [2.05, 4.69) is 23.8 Å². The van der Waals surface area contributed by atoms with Crippen molar-refractivity contribution in [2.75, 3.05) is 0 Å². The molecule has 0 bridgehead atoms. The number of H-pyrrole nitrogens is 1. The standard InChI is InChI=1S/C12H20N2O/c1-4-6-8-11-13-9(3)10(7-5-2)12(15)14-11/h4-8H2,1-3H3,(H,13,14,15). The van der Waals surface area contributed by atoms with Crippen molar-refractivity contribution in [1.82, 2.24) is 9.97 Å². The van der Waals surface area contributed by atoms with Crippen LogP contribution in [0.15, 0.2) is 4.79 Å². The molecular weight excluding hydrogens is 188 g/mol. The molecule has 0 spiro atoms. The molecule has 0 unspecified atom stereocenters. The van der Waals surface area contributed by atoms with Crippen molar-refractivity contribution < 1.29 is 0 Å². The first-order chi connectivity index (χ1) is 7.19. The summed E-state index contributed by atoms with van der Waals surface area (Å²) in [5, 5.41) is 0. The van der Waals surface area contributed by atoms with Crippen molar-refractivity contribution >= 4 is 0 Å². The smallest absolute Gasteiger partial charge is 0.254 e. The van der Waals surface area contributed by atoms with Crippen molar-refractivity contribution in [2.24, 2.45) is 0 Å². The number of nitrogens with one attached hydrogen (secondary N) is 1. The molecule has 1 heterocycles. The van der Waals surface area contributed by atoms with Gasteiger partial charge >= 0.3 is 0 Å². The van der Waals surface area contributed by atoms with E-state index in [1.165, 1.54) is 0 Å². The molecule has 0 aromatic carbocycles. The van der Waals surface area contributed by atoms with E-state index in [0.717, 1.165) is 49.2 Å². The Morgan fingerprint density at radius 1 is 1.20 bits per heavy atom. The van der Waals surface area contributed by atoms with Crippen LogP contribution in [0.1, 0.15) is 50.2 Å². The Hall–Kier alpha value is -1.12. The first-order valence-corrected chi connectivity index (χ1v) is 5.77. The molecule has 0 amide bonds. The first-order valence-electron chi connectivity index (χ1n) is 5.77. The number of aromatic nitrogens is 2. The summed E-state index contributed by atoms with van der Waals surface area (Å²) < 4.78 is 0. The lowest BCUT2D eigenvalue weighted by Gasteiger charge is -2.05. The lowest BCUT2D eigenvalue weighted by molar-refractivity contribution is 0.733. The predicted molar refractivity (Wildman–Crippen MR) is 62.2 cm³/mol. The minimum Gasteiger partial charge on any atom is -0.310 e. The monoisotopic (exact) mass is 208 g/mol. The second-order valence-corrected chi connectivity index (χ2v) is 3.93. The highest BCUT2D eigenvalue weighted by Gasteiger charge is 2.06. The van der Waals surface area contributed by atoms with Gasteiger partial charge in [0, 0.05) is 17.7 Å².